The number of ether oxygens (including phenoxy) is 1. The monoisotopic (exact) mass is 314 g/mol. The molecule has 0 radical (unpaired) electrons. The fourth-order valence-corrected chi connectivity index (χ4v) is 1.30. The zero-order valence-electron chi connectivity index (χ0n) is 13.5. The van der Waals surface area contributed by atoms with Crippen LogP contribution in [0.15, 0.2) is 48.1 Å². The minimum atomic E-state index is -0.482. The fraction of sp³-hybridized carbons (Fsp3) is 0.316. The fourth-order valence-electron chi connectivity index (χ4n) is 1.30. The topological polar surface area (TPSA) is 66.8 Å². The first kappa shape index (κ1) is 20.5. The predicted octanol–water partition coefficient (Wildman–Crippen LogP) is 1.91. The summed E-state index contributed by atoms with van der Waals surface area (Å²) in [6, 6.07) is 0. The smallest absolute Gasteiger partial charge is 0.331 e. The summed E-state index contributed by atoms with van der Waals surface area (Å²) in [6.07, 6.45) is 11.0. The quantitative estimate of drug-likeness (QED) is 0.326. The number of hydrogen-bond acceptors (Lipinski definition) is 4. The molecule has 0 aliphatic carbocycles. The standard InChI is InChI=1S/C19H22O4/c1-17(2)16-19(22)23-18(13-15-21)12-10-8-6-4-3-5-7-9-11-14-20/h6,8-12,16,18,20-21H,13-15H2,1-2H3/b8-6+,11-9-,12-10+/t18-/m0/s1. The van der Waals surface area contributed by atoms with Crippen LogP contribution in [0.25, 0.3) is 0 Å². The summed E-state index contributed by atoms with van der Waals surface area (Å²) in [5, 5.41) is 17.5. The summed E-state index contributed by atoms with van der Waals surface area (Å²) in [5.74, 6) is 10.1. The Balaban J connectivity index is 4.45. The maximum absolute atomic E-state index is 11.5. The van der Waals surface area contributed by atoms with Gasteiger partial charge in [-0.2, -0.15) is 0 Å². The Morgan fingerprint density at radius 3 is 2.43 bits per heavy atom. The van der Waals surface area contributed by atoms with Gasteiger partial charge in [0.1, 0.15) is 6.10 Å². The van der Waals surface area contributed by atoms with Crippen molar-refractivity contribution < 1.29 is 19.7 Å². The van der Waals surface area contributed by atoms with Crippen LogP contribution in [0.3, 0.4) is 0 Å². The van der Waals surface area contributed by atoms with Crippen molar-refractivity contribution in [3.63, 3.8) is 0 Å². The summed E-state index contributed by atoms with van der Waals surface area (Å²) in [7, 11) is 0. The van der Waals surface area contributed by atoms with E-state index in [1.54, 1.807) is 24.3 Å². The number of esters is 1. The zero-order chi connectivity index (χ0) is 17.3. The van der Waals surface area contributed by atoms with E-state index in [0.717, 1.165) is 5.57 Å². The SMILES string of the molecule is CC(C)=CC(=O)O[C@@H](/C=C/C=C/C#CC#C/C=C\CO)CCO. The number of allylic oxidation sites excluding steroid dienone is 5. The van der Waals surface area contributed by atoms with Crippen molar-refractivity contribution in [2.24, 2.45) is 0 Å². The highest BCUT2D eigenvalue weighted by atomic mass is 16.5. The Morgan fingerprint density at radius 2 is 1.83 bits per heavy atom. The van der Waals surface area contributed by atoms with E-state index in [1.807, 2.05) is 13.8 Å². The molecule has 0 saturated carbocycles. The molecule has 0 bridgehead atoms. The van der Waals surface area contributed by atoms with E-state index in [0.29, 0.717) is 6.42 Å². The van der Waals surface area contributed by atoms with Crippen LogP contribution in [0.4, 0.5) is 0 Å². The average Bonchev–Trinajstić information content (AvgIpc) is 2.48. The predicted molar refractivity (Wildman–Crippen MR) is 91.1 cm³/mol. The maximum Gasteiger partial charge on any atom is 0.331 e. The van der Waals surface area contributed by atoms with E-state index in [1.165, 1.54) is 18.2 Å². The highest BCUT2D eigenvalue weighted by Crippen LogP contribution is 2.03. The van der Waals surface area contributed by atoms with Crippen LogP contribution in [-0.4, -0.2) is 35.5 Å². The van der Waals surface area contributed by atoms with Gasteiger partial charge in [0.25, 0.3) is 0 Å². The minimum Gasteiger partial charge on any atom is -0.455 e. The number of aliphatic hydroxyl groups excluding tert-OH is 2. The molecule has 0 aromatic carbocycles. The number of rotatable bonds is 7. The van der Waals surface area contributed by atoms with Gasteiger partial charge < -0.3 is 14.9 Å². The lowest BCUT2D eigenvalue weighted by molar-refractivity contribution is -0.141. The van der Waals surface area contributed by atoms with Crippen molar-refractivity contribution in [2.75, 3.05) is 13.2 Å². The van der Waals surface area contributed by atoms with Gasteiger partial charge in [0.15, 0.2) is 0 Å². The number of aliphatic hydroxyl groups is 2. The second-order valence-corrected chi connectivity index (χ2v) is 4.58. The molecule has 0 spiro atoms. The van der Waals surface area contributed by atoms with Crippen LogP contribution in [0, 0.1) is 23.7 Å². The van der Waals surface area contributed by atoms with Gasteiger partial charge in [0, 0.05) is 19.1 Å². The molecule has 4 nitrogen and oxygen atoms in total. The number of carbonyl (C=O) groups is 1. The first-order valence-electron chi connectivity index (χ1n) is 7.16. The highest BCUT2D eigenvalue weighted by Gasteiger charge is 2.08. The van der Waals surface area contributed by atoms with Crippen LogP contribution in [-0.2, 0) is 9.53 Å². The first-order chi connectivity index (χ1) is 11.1. The summed E-state index contributed by atoms with van der Waals surface area (Å²) in [4.78, 5) is 11.5. The summed E-state index contributed by atoms with van der Waals surface area (Å²) < 4.78 is 5.20. The lowest BCUT2D eigenvalue weighted by Crippen LogP contribution is -2.16. The molecule has 0 rings (SSSR count). The Bertz CT molecular complexity index is 582. The Hall–Kier alpha value is -2.53. The van der Waals surface area contributed by atoms with E-state index in [2.05, 4.69) is 23.7 Å². The molecule has 0 heterocycles. The molecule has 0 aliphatic heterocycles. The molecule has 0 unspecified atom stereocenters. The lowest BCUT2D eigenvalue weighted by atomic mass is 10.2. The molecule has 0 aliphatic rings. The molecule has 1 atom stereocenters. The van der Waals surface area contributed by atoms with Crippen molar-refractivity contribution in [3.8, 4) is 23.7 Å². The second kappa shape index (κ2) is 14.4. The Labute approximate surface area is 137 Å². The van der Waals surface area contributed by atoms with Crippen molar-refractivity contribution in [1.29, 1.82) is 0 Å². The van der Waals surface area contributed by atoms with Crippen LogP contribution in [0.2, 0.25) is 0 Å². The zero-order valence-corrected chi connectivity index (χ0v) is 13.5. The summed E-state index contributed by atoms with van der Waals surface area (Å²) in [5.41, 5.74) is 0.854. The van der Waals surface area contributed by atoms with Gasteiger partial charge in [0.2, 0.25) is 0 Å². The molecule has 2 N–H and O–H groups in total. The Kier molecular flexibility index (Phi) is 12.8. The van der Waals surface area contributed by atoms with Crippen LogP contribution in [0.5, 0.6) is 0 Å². The molecule has 0 saturated heterocycles. The van der Waals surface area contributed by atoms with Gasteiger partial charge in [-0.25, -0.2) is 4.79 Å². The van der Waals surface area contributed by atoms with Crippen LogP contribution in [0.1, 0.15) is 20.3 Å². The number of carbonyl (C=O) groups excluding carboxylic acids is 1. The molecule has 4 heteroatoms. The van der Waals surface area contributed by atoms with E-state index < -0.39 is 12.1 Å². The van der Waals surface area contributed by atoms with Crippen molar-refractivity contribution in [2.45, 2.75) is 26.4 Å². The molecule has 0 amide bonds. The first-order valence-corrected chi connectivity index (χ1v) is 7.16. The van der Waals surface area contributed by atoms with E-state index in [-0.39, 0.29) is 13.2 Å². The Morgan fingerprint density at radius 1 is 1.13 bits per heavy atom. The van der Waals surface area contributed by atoms with Crippen LogP contribution < -0.4 is 0 Å². The lowest BCUT2D eigenvalue weighted by Gasteiger charge is -2.11. The van der Waals surface area contributed by atoms with Gasteiger partial charge in [-0.3, -0.25) is 0 Å². The van der Waals surface area contributed by atoms with Crippen molar-refractivity contribution in [1.82, 2.24) is 0 Å². The van der Waals surface area contributed by atoms with E-state index in [9.17, 15) is 4.79 Å². The largest absolute Gasteiger partial charge is 0.455 e. The minimum absolute atomic E-state index is 0.0417. The van der Waals surface area contributed by atoms with Crippen LogP contribution >= 0.6 is 0 Å². The molecule has 23 heavy (non-hydrogen) atoms. The van der Waals surface area contributed by atoms with Gasteiger partial charge >= 0.3 is 5.97 Å². The van der Waals surface area contributed by atoms with Gasteiger partial charge in [-0.1, -0.05) is 35.6 Å². The molecule has 0 aromatic heterocycles. The van der Waals surface area contributed by atoms with Gasteiger partial charge in [0.05, 0.1) is 6.61 Å². The van der Waals surface area contributed by atoms with Crippen molar-refractivity contribution >= 4 is 5.97 Å². The third-order valence-corrected chi connectivity index (χ3v) is 2.22. The summed E-state index contributed by atoms with van der Waals surface area (Å²) >= 11 is 0. The van der Waals surface area contributed by atoms with Crippen molar-refractivity contribution in [3.05, 3.63) is 48.1 Å². The highest BCUT2D eigenvalue weighted by molar-refractivity contribution is 5.82. The molecule has 122 valence electrons. The molecular weight excluding hydrogens is 292 g/mol. The molecule has 0 aromatic rings. The summed E-state index contributed by atoms with van der Waals surface area (Å²) in [6.45, 7) is 3.50. The number of hydrogen-bond donors (Lipinski definition) is 2. The normalized spacial score (nSPS) is 11.7. The maximum atomic E-state index is 11.5. The van der Waals surface area contributed by atoms with E-state index >= 15 is 0 Å². The third kappa shape index (κ3) is 14.2. The van der Waals surface area contributed by atoms with Gasteiger partial charge in [-0.05, 0) is 43.9 Å². The average molecular weight is 314 g/mol. The second-order valence-electron chi connectivity index (χ2n) is 4.58. The molecule has 0 fully saturated rings. The van der Waals surface area contributed by atoms with E-state index in [4.69, 9.17) is 14.9 Å². The van der Waals surface area contributed by atoms with Gasteiger partial charge in [-0.15, -0.1) is 0 Å². The third-order valence-electron chi connectivity index (χ3n) is 2.22. The molecular formula is C19H22O4.